The van der Waals surface area contributed by atoms with Crippen molar-refractivity contribution < 1.29 is 4.79 Å². The quantitative estimate of drug-likeness (QED) is 0.677. The minimum Gasteiger partial charge on any atom is -0.370 e. The van der Waals surface area contributed by atoms with Gasteiger partial charge in [0.15, 0.2) is 0 Å². The Bertz CT molecular complexity index is 1010. The Labute approximate surface area is 169 Å². The molecule has 1 saturated heterocycles. The second kappa shape index (κ2) is 7.68. The van der Waals surface area contributed by atoms with Crippen LogP contribution >= 0.6 is 11.6 Å². The zero-order valence-corrected chi connectivity index (χ0v) is 16.8. The van der Waals surface area contributed by atoms with E-state index in [1.54, 1.807) is 0 Å². The van der Waals surface area contributed by atoms with Crippen LogP contribution in [0.4, 0.5) is 11.4 Å². The smallest absolute Gasteiger partial charge is 0.259 e. The van der Waals surface area contributed by atoms with Crippen LogP contribution in [0.2, 0.25) is 5.02 Å². The maximum atomic E-state index is 13.2. The van der Waals surface area contributed by atoms with E-state index in [9.17, 15) is 4.79 Å². The van der Waals surface area contributed by atoms with Crippen LogP contribution in [-0.4, -0.2) is 28.8 Å². The molecule has 2 heterocycles. The van der Waals surface area contributed by atoms with Crippen LogP contribution in [0.3, 0.4) is 0 Å². The lowest BCUT2D eigenvalue weighted by Crippen LogP contribution is -2.21. The number of hydrogen-bond donors (Lipinski definition) is 1. The topological polar surface area (TPSA) is 50.2 Å². The van der Waals surface area contributed by atoms with Crippen molar-refractivity contribution in [3.8, 4) is 5.69 Å². The van der Waals surface area contributed by atoms with Crippen molar-refractivity contribution in [1.82, 2.24) is 9.78 Å². The second-order valence-corrected chi connectivity index (χ2v) is 7.54. The highest BCUT2D eigenvalue weighted by atomic mass is 35.5. The highest BCUT2D eigenvalue weighted by Gasteiger charge is 2.22. The number of nitrogens with one attached hydrogen (secondary N) is 1. The number of carbonyl (C=O) groups excluding carboxylic acids is 1. The van der Waals surface area contributed by atoms with Gasteiger partial charge in [-0.05, 0) is 57.0 Å². The number of benzene rings is 2. The van der Waals surface area contributed by atoms with E-state index >= 15 is 0 Å². The number of aromatic nitrogens is 2. The molecule has 2 aromatic carbocycles. The molecule has 1 aromatic heterocycles. The molecule has 1 aliphatic heterocycles. The number of amides is 1. The lowest BCUT2D eigenvalue weighted by atomic mass is 10.1. The fourth-order valence-electron chi connectivity index (χ4n) is 3.82. The minimum absolute atomic E-state index is 0.167. The summed E-state index contributed by atoms with van der Waals surface area (Å²) in [4.78, 5) is 15.4. The Kier molecular flexibility index (Phi) is 5.09. The van der Waals surface area contributed by atoms with Gasteiger partial charge in [0.25, 0.3) is 5.91 Å². The molecule has 0 atom stereocenters. The van der Waals surface area contributed by atoms with Crippen LogP contribution in [-0.2, 0) is 0 Å². The standard InChI is InChI=1S/C22H23ClN4O/c1-15-21(16(2)27(25-15)18-8-4-3-5-9-18)22(28)24-19-14-17(23)10-11-20(19)26-12-6-7-13-26/h3-5,8-11,14H,6-7,12-13H2,1-2H3,(H,24,28). The van der Waals surface area contributed by atoms with Gasteiger partial charge in [0.05, 0.1) is 34.0 Å². The van der Waals surface area contributed by atoms with Crippen LogP contribution in [0.5, 0.6) is 0 Å². The maximum Gasteiger partial charge on any atom is 0.259 e. The van der Waals surface area contributed by atoms with Crippen LogP contribution in [0, 0.1) is 13.8 Å². The van der Waals surface area contributed by atoms with Gasteiger partial charge in [-0.25, -0.2) is 4.68 Å². The number of carbonyl (C=O) groups is 1. The molecule has 1 N–H and O–H groups in total. The predicted molar refractivity (Wildman–Crippen MR) is 114 cm³/mol. The van der Waals surface area contributed by atoms with Crippen molar-refractivity contribution in [3.63, 3.8) is 0 Å². The molecule has 0 aliphatic carbocycles. The van der Waals surface area contributed by atoms with Crippen molar-refractivity contribution in [3.05, 3.63) is 70.5 Å². The van der Waals surface area contributed by atoms with Gasteiger partial charge in [-0.1, -0.05) is 29.8 Å². The first-order chi connectivity index (χ1) is 13.5. The van der Waals surface area contributed by atoms with E-state index in [0.29, 0.717) is 16.3 Å². The molecular weight excluding hydrogens is 372 g/mol. The van der Waals surface area contributed by atoms with E-state index in [1.165, 1.54) is 0 Å². The van der Waals surface area contributed by atoms with E-state index in [2.05, 4.69) is 15.3 Å². The van der Waals surface area contributed by atoms with Gasteiger partial charge in [0.1, 0.15) is 0 Å². The summed E-state index contributed by atoms with van der Waals surface area (Å²) >= 11 is 6.21. The summed E-state index contributed by atoms with van der Waals surface area (Å²) in [5.41, 5.74) is 4.79. The molecule has 0 unspecified atom stereocenters. The summed E-state index contributed by atoms with van der Waals surface area (Å²) in [6, 6.07) is 15.5. The van der Waals surface area contributed by atoms with Gasteiger partial charge < -0.3 is 10.2 Å². The van der Waals surface area contributed by atoms with Gasteiger partial charge in [-0.3, -0.25) is 4.79 Å². The number of halogens is 1. The van der Waals surface area contributed by atoms with E-state index in [4.69, 9.17) is 11.6 Å². The van der Waals surface area contributed by atoms with Crippen molar-refractivity contribution in [2.75, 3.05) is 23.3 Å². The van der Waals surface area contributed by atoms with E-state index in [-0.39, 0.29) is 5.91 Å². The second-order valence-electron chi connectivity index (χ2n) is 7.10. The average Bonchev–Trinajstić information content (AvgIpc) is 3.31. The Morgan fingerprint density at radius 1 is 1.07 bits per heavy atom. The van der Waals surface area contributed by atoms with Gasteiger partial charge in [0.2, 0.25) is 0 Å². The first-order valence-electron chi connectivity index (χ1n) is 9.52. The third kappa shape index (κ3) is 3.50. The Balaban J connectivity index is 1.67. The maximum absolute atomic E-state index is 13.2. The third-order valence-corrected chi connectivity index (χ3v) is 5.41. The molecule has 5 nitrogen and oxygen atoms in total. The summed E-state index contributed by atoms with van der Waals surface area (Å²) in [6.45, 7) is 5.77. The van der Waals surface area contributed by atoms with E-state index in [1.807, 2.05) is 67.1 Å². The third-order valence-electron chi connectivity index (χ3n) is 5.17. The number of anilines is 2. The molecule has 0 spiro atoms. The largest absolute Gasteiger partial charge is 0.370 e. The molecule has 0 bridgehead atoms. The molecular formula is C22H23ClN4O. The first-order valence-corrected chi connectivity index (χ1v) is 9.90. The summed E-state index contributed by atoms with van der Waals surface area (Å²) in [6.07, 6.45) is 2.33. The minimum atomic E-state index is -0.167. The molecule has 144 valence electrons. The highest BCUT2D eigenvalue weighted by Crippen LogP contribution is 2.32. The molecule has 0 saturated carbocycles. The molecule has 28 heavy (non-hydrogen) atoms. The zero-order chi connectivity index (χ0) is 19.7. The summed E-state index contributed by atoms with van der Waals surface area (Å²) in [7, 11) is 0. The fraction of sp³-hybridized carbons (Fsp3) is 0.273. The number of rotatable bonds is 4. The van der Waals surface area contributed by atoms with Gasteiger partial charge in [0, 0.05) is 18.1 Å². The molecule has 1 aliphatic rings. The lowest BCUT2D eigenvalue weighted by molar-refractivity contribution is 0.102. The van der Waals surface area contributed by atoms with E-state index in [0.717, 1.165) is 48.7 Å². The average molecular weight is 395 g/mol. The molecule has 1 amide bonds. The van der Waals surface area contributed by atoms with Gasteiger partial charge in [-0.2, -0.15) is 5.10 Å². The number of aryl methyl sites for hydroxylation is 1. The fourth-order valence-corrected chi connectivity index (χ4v) is 3.99. The Morgan fingerprint density at radius 2 is 1.79 bits per heavy atom. The van der Waals surface area contributed by atoms with Gasteiger partial charge >= 0.3 is 0 Å². The highest BCUT2D eigenvalue weighted by molar-refractivity contribution is 6.31. The predicted octanol–water partition coefficient (Wildman–Crippen LogP) is 5.00. The molecule has 4 rings (SSSR count). The molecule has 6 heteroatoms. The molecule has 1 fully saturated rings. The summed E-state index contributed by atoms with van der Waals surface area (Å²) in [5.74, 6) is -0.167. The van der Waals surface area contributed by atoms with Crippen molar-refractivity contribution in [2.45, 2.75) is 26.7 Å². The van der Waals surface area contributed by atoms with Crippen LogP contribution in [0.25, 0.3) is 5.69 Å². The monoisotopic (exact) mass is 394 g/mol. The number of hydrogen-bond acceptors (Lipinski definition) is 3. The zero-order valence-electron chi connectivity index (χ0n) is 16.1. The van der Waals surface area contributed by atoms with Crippen LogP contribution in [0.1, 0.15) is 34.6 Å². The summed E-state index contributed by atoms with van der Waals surface area (Å²) in [5, 5.41) is 8.26. The van der Waals surface area contributed by atoms with Crippen LogP contribution < -0.4 is 10.2 Å². The van der Waals surface area contributed by atoms with Gasteiger partial charge in [-0.15, -0.1) is 0 Å². The number of para-hydroxylation sites is 1. The van der Waals surface area contributed by atoms with Crippen LogP contribution in [0.15, 0.2) is 48.5 Å². The van der Waals surface area contributed by atoms with Crippen molar-refractivity contribution in [1.29, 1.82) is 0 Å². The number of nitrogens with zero attached hydrogens (tertiary/aromatic N) is 3. The van der Waals surface area contributed by atoms with Crippen molar-refractivity contribution >= 4 is 28.9 Å². The Morgan fingerprint density at radius 3 is 2.50 bits per heavy atom. The normalized spacial score (nSPS) is 13.8. The van der Waals surface area contributed by atoms with E-state index < -0.39 is 0 Å². The lowest BCUT2D eigenvalue weighted by Gasteiger charge is -2.22. The van der Waals surface area contributed by atoms with Crippen molar-refractivity contribution in [2.24, 2.45) is 0 Å². The summed E-state index contributed by atoms with van der Waals surface area (Å²) < 4.78 is 1.81. The first kappa shape index (κ1) is 18.6. The molecule has 3 aromatic rings. The SMILES string of the molecule is Cc1nn(-c2ccccc2)c(C)c1C(=O)Nc1cc(Cl)ccc1N1CCCC1. The Hall–Kier alpha value is -2.79. The molecule has 0 radical (unpaired) electrons.